The molecule has 0 aliphatic carbocycles. The van der Waals surface area contributed by atoms with Gasteiger partial charge in [-0.1, -0.05) is 44.2 Å². The number of hydrogen-bond acceptors (Lipinski definition) is 2. The third kappa shape index (κ3) is 3.09. The van der Waals surface area contributed by atoms with Gasteiger partial charge in [-0.3, -0.25) is 4.79 Å². The molecule has 3 rings (SSSR count). The molecule has 0 aromatic heterocycles. The first-order chi connectivity index (χ1) is 9.60. The Labute approximate surface area is 133 Å². The Morgan fingerprint density at radius 2 is 2.00 bits per heavy atom. The number of nitrogens with one attached hydrogen (secondary N) is 1. The summed E-state index contributed by atoms with van der Waals surface area (Å²) in [5.74, 6) is 1.04. The Balaban J connectivity index is 0.00000161. The summed E-state index contributed by atoms with van der Waals surface area (Å²) < 4.78 is 0. The predicted molar refractivity (Wildman–Crippen MR) is 87.8 cm³/mol. The van der Waals surface area contributed by atoms with E-state index in [-0.39, 0.29) is 23.7 Å². The molecule has 4 heteroatoms. The summed E-state index contributed by atoms with van der Waals surface area (Å²) in [7, 11) is 0. The van der Waals surface area contributed by atoms with Crippen molar-refractivity contribution in [3.05, 3.63) is 35.9 Å². The van der Waals surface area contributed by atoms with Crippen molar-refractivity contribution in [2.75, 3.05) is 26.2 Å². The van der Waals surface area contributed by atoms with Crippen LogP contribution in [0.2, 0.25) is 0 Å². The van der Waals surface area contributed by atoms with Crippen molar-refractivity contribution in [2.45, 2.75) is 25.7 Å². The van der Waals surface area contributed by atoms with Crippen LogP contribution in [0.25, 0.3) is 0 Å². The standard InChI is InChI=1S/C17H24N2O.ClH/c1-13(14-10-18-11-14)16(20)19-9-8-17(2,12-19)15-6-4-3-5-7-15;/h3-7,13-14,18H,8-12H2,1-2H3;1H. The summed E-state index contributed by atoms with van der Waals surface area (Å²) in [6.45, 7) is 8.12. The van der Waals surface area contributed by atoms with E-state index in [2.05, 4.69) is 54.4 Å². The second kappa shape index (κ2) is 6.37. The zero-order valence-corrected chi connectivity index (χ0v) is 13.7. The number of carbonyl (C=O) groups excluding carboxylic acids is 1. The van der Waals surface area contributed by atoms with Gasteiger partial charge >= 0.3 is 0 Å². The molecule has 0 spiro atoms. The van der Waals surface area contributed by atoms with Gasteiger partial charge in [-0.2, -0.15) is 0 Å². The van der Waals surface area contributed by atoms with Gasteiger partial charge in [-0.05, 0) is 31.0 Å². The van der Waals surface area contributed by atoms with Crippen LogP contribution in [0.1, 0.15) is 25.8 Å². The Bertz CT molecular complexity index is 489. The number of benzene rings is 1. The maximum Gasteiger partial charge on any atom is 0.225 e. The summed E-state index contributed by atoms with van der Waals surface area (Å²) in [5.41, 5.74) is 1.47. The molecule has 2 fully saturated rings. The summed E-state index contributed by atoms with van der Waals surface area (Å²) in [6.07, 6.45) is 1.07. The Morgan fingerprint density at radius 1 is 1.33 bits per heavy atom. The Hall–Kier alpha value is -1.06. The van der Waals surface area contributed by atoms with Gasteiger partial charge in [0.15, 0.2) is 0 Å². The first kappa shape index (κ1) is 16.3. The number of amides is 1. The lowest BCUT2D eigenvalue weighted by molar-refractivity contribution is -0.136. The largest absolute Gasteiger partial charge is 0.342 e. The van der Waals surface area contributed by atoms with Crippen molar-refractivity contribution in [3.8, 4) is 0 Å². The lowest BCUT2D eigenvalue weighted by Gasteiger charge is -2.34. The summed E-state index contributed by atoms with van der Waals surface area (Å²) in [5, 5.41) is 3.26. The molecule has 1 aromatic carbocycles. The predicted octanol–water partition coefficient (Wildman–Crippen LogP) is 2.45. The molecular formula is C17H25ClN2O. The SMILES string of the molecule is CC(C(=O)N1CCC(C)(c2ccccc2)C1)C1CNC1.Cl. The highest BCUT2D eigenvalue weighted by atomic mass is 35.5. The van der Waals surface area contributed by atoms with Crippen LogP contribution < -0.4 is 5.32 Å². The molecule has 21 heavy (non-hydrogen) atoms. The fourth-order valence-corrected chi connectivity index (χ4v) is 3.38. The molecule has 1 N–H and O–H groups in total. The highest BCUT2D eigenvalue weighted by molar-refractivity contribution is 5.85. The molecule has 1 amide bonds. The third-order valence-electron chi connectivity index (χ3n) is 5.17. The number of nitrogens with zero attached hydrogens (tertiary/aromatic N) is 1. The van der Waals surface area contributed by atoms with Crippen LogP contribution in [0.5, 0.6) is 0 Å². The van der Waals surface area contributed by atoms with E-state index < -0.39 is 0 Å². The van der Waals surface area contributed by atoms with E-state index in [4.69, 9.17) is 0 Å². The van der Waals surface area contributed by atoms with Gasteiger partial charge in [-0.25, -0.2) is 0 Å². The van der Waals surface area contributed by atoms with Crippen molar-refractivity contribution in [2.24, 2.45) is 11.8 Å². The van der Waals surface area contributed by atoms with Crippen LogP contribution in [0.15, 0.2) is 30.3 Å². The van der Waals surface area contributed by atoms with E-state index in [1.165, 1.54) is 5.56 Å². The molecule has 0 radical (unpaired) electrons. The maximum absolute atomic E-state index is 12.6. The van der Waals surface area contributed by atoms with Crippen molar-refractivity contribution < 1.29 is 4.79 Å². The second-order valence-electron chi connectivity index (χ2n) is 6.64. The number of rotatable bonds is 3. The molecule has 1 aromatic rings. The van der Waals surface area contributed by atoms with E-state index in [9.17, 15) is 4.79 Å². The average molecular weight is 309 g/mol. The van der Waals surface area contributed by atoms with Crippen LogP contribution in [-0.4, -0.2) is 37.0 Å². The van der Waals surface area contributed by atoms with E-state index >= 15 is 0 Å². The fourth-order valence-electron chi connectivity index (χ4n) is 3.38. The third-order valence-corrected chi connectivity index (χ3v) is 5.17. The molecule has 2 aliphatic rings. The van der Waals surface area contributed by atoms with Crippen LogP contribution >= 0.6 is 12.4 Å². The zero-order valence-electron chi connectivity index (χ0n) is 12.8. The van der Waals surface area contributed by atoms with Gasteiger partial charge in [0.1, 0.15) is 0 Å². The average Bonchev–Trinajstić information content (AvgIpc) is 2.81. The monoisotopic (exact) mass is 308 g/mol. The second-order valence-corrected chi connectivity index (χ2v) is 6.64. The smallest absolute Gasteiger partial charge is 0.225 e. The van der Waals surface area contributed by atoms with Crippen LogP contribution in [0.3, 0.4) is 0 Å². The molecule has 2 unspecified atom stereocenters. The topological polar surface area (TPSA) is 32.3 Å². The molecule has 0 saturated carbocycles. The van der Waals surface area contributed by atoms with Gasteiger partial charge in [0.05, 0.1) is 0 Å². The van der Waals surface area contributed by atoms with Gasteiger partial charge < -0.3 is 10.2 Å². The molecule has 116 valence electrons. The summed E-state index contributed by atoms with van der Waals surface area (Å²) >= 11 is 0. The molecule has 2 saturated heterocycles. The first-order valence-electron chi connectivity index (χ1n) is 7.65. The highest BCUT2D eigenvalue weighted by Gasteiger charge is 2.40. The number of likely N-dealkylation sites (tertiary alicyclic amines) is 1. The van der Waals surface area contributed by atoms with E-state index in [1.54, 1.807) is 0 Å². The minimum atomic E-state index is 0. The molecule has 2 heterocycles. The quantitative estimate of drug-likeness (QED) is 0.930. The lowest BCUT2D eigenvalue weighted by atomic mass is 9.82. The van der Waals surface area contributed by atoms with Crippen LogP contribution in [-0.2, 0) is 10.2 Å². The normalized spacial score (nSPS) is 26.9. The van der Waals surface area contributed by atoms with Crippen LogP contribution in [0.4, 0.5) is 0 Å². The van der Waals surface area contributed by atoms with Crippen molar-refractivity contribution >= 4 is 18.3 Å². The van der Waals surface area contributed by atoms with E-state index in [0.29, 0.717) is 11.8 Å². The minimum absolute atomic E-state index is 0. The van der Waals surface area contributed by atoms with Crippen molar-refractivity contribution in [1.82, 2.24) is 10.2 Å². The number of carbonyl (C=O) groups is 1. The zero-order chi connectivity index (χ0) is 14.2. The molecule has 2 aliphatic heterocycles. The van der Waals surface area contributed by atoms with E-state index in [1.807, 2.05) is 0 Å². The van der Waals surface area contributed by atoms with Crippen LogP contribution in [0, 0.1) is 11.8 Å². The lowest BCUT2D eigenvalue weighted by Crippen LogP contribution is -2.50. The van der Waals surface area contributed by atoms with E-state index in [0.717, 1.165) is 32.6 Å². The van der Waals surface area contributed by atoms with Gasteiger partial charge in [0, 0.05) is 24.4 Å². The molecule has 2 atom stereocenters. The van der Waals surface area contributed by atoms with Gasteiger partial charge in [0.25, 0.3) is 0 Å². The molecular weight excluding hydrogens is 284 g/mol. The van der Waals surface area contributed by atoms with Crippen molar-refractivity contribution in [3.63, 3.8) is 0 Å². The Kier molecular flexibility index (Phi) is 4.95. The summed E-state index contributed by atoms with van der Waals surface area (Å²) in [6, 6.07) is 10.6. The summed E-state index contributed by atoms with van der Waals surface area (Å²) in [4.78, 5) is 14.7. The molecule has 3 nitrogen and oxygen atoms in total. The Morgan fingerprint density at radius 3 is 2.57 bits per heavy atom. The fraction of sp³-hybridized carbons (Fsp3) is 0.588. The minimum Gasteiger partial charge on any atom is -0.342 e. The van der Waals surface area contributed by atoms with Gasteiger partial charge in [-0.15, -0.1) is 12.4 Å². The van der Waals surface area contributed by atoms with Crippen molar-refractivity contribution in [1.29, 1.82) is 0 Å². The maximum atomic E-state index is 12.6. The first-order valence-corrected chi connectivity index (χ1v) is 7.65. The van der Waals surface area contributed by atoms with Gasteiger partial charge in [0.2, 0.25) is 5.91 Å². The molecule has 0 bridgehead atoms. The number of hydrogen-bond donors (Lipinski definition) is 1. The highest BCUT2D eigenvalue weighted by Crippen LogP contribution is 2.35. The number of halogens is 1.